The van der Waals surface area contributed by atoms with Gasteiger partial charge in [-0.25, -0.2) is 0 Å². The van der Waals surface area contributed by atoms with Gasteiger partial charge in [0.05, 0.1) is 23.7 Å². The third kappa shape index (κ3) is 9.42. The summed E-state index contributed by atoms with van der Waals surface area (Å²) in [5, 5.41) is 20.9. The number of carboxylic acids is 2. The Bertz CT molecular complexity index is 2140. The molecule has 0 aromatic heterocycles. The fourth-order valence-corrected chi connectivity index (χ4v) is 7.45. The highest BCUT2D eigenvalue weighted by atomic mass is 16.5. The second-order valence-electron chi connectivity index (χ2n) is 14.3. The van der Waals surface area contributed by atoms with E-state index in [0.29, 0.717) is 23.0 Å². The Morgan fingerprint density at radius 3 is 0.914 bits per heavy atom. The minimum Gasteiger partial charge on any atom is -0.481 e. The number of carbonyl (C=O) groups excluding carboxylic acids is 2. The van der Waals surface area contributed by atoms with Gasteiger partial charge >= 0.3 is 11.9 Å². The maximum Gasteiger partial charge on any atom is 0.308 e. The van der Waals surface area contributed by atoms with Crippen LogP contribution in [-0.2, 0) is 45.4 Å². The fourth-order valence-electron chi connectivity index (χ4n) is 7.45. The van der Waals surface area contributed by atoms with Crippen molar-refractivity contribution in [2.45, 2.75) is 26.2 Å². The Balaban J connectivity index is 1.18. The standard InChI is InChI=1S/C48H42N2O8/c51-45(49(29-33-13-5-1-6-14-33)31-35-21-25-39(26-22-35)57-37-17-9-3-10-18-37)41-42(44(48(55)56)43(41)47(53)54)46(52)50(30-34-15-7-2-8-16-34)32-36-23-27-40(28-24-36)58-38-19-11-4-12-20-38/h1-28,41-44H,29-32H2,(H,53,54)(H,55,56). The number of nitrogens with zero attached hydrogens (tertiary/aromatic N) is 2. The van der Waals surface area contributed by atoms with Gasteiger partial charge in [-0.05, 0) is 70.8 Å². The smallest absolute Gasteiger partial charge is 0.308 e. The lowest BCUT2D eigenvalue weighted by Crippen LogP contribution is -2.64. The summed E-state index contributed by atoms with van der Waals surface area (Å²) in [6.07, 6.45) is 0. The molecule has 1 aliphatic rings. The van der Waals surface area contributed by atoms with E-state index in [2.05, 4.69) is 0 Å². The molecule has 10 heteroatoms. The molecule has 0 heterocycles. The van der Waals surface area contributed by atoms with Gasteiger partial charge in [-0.2, -0.15) is 0 Å². The van der Waals surface area contributed by atoms with E-state index in [1.54, 1.807) is 24.3 Å². The number of carbonyl (C=O) groups is 4. The largest absolute Gasteiger partial charge is 0.481 e. The number of carboxylic acid groups (broad SMARTS) is 2. The van der Waals surface area contributed by atoms with Crippen molar-refractivity contribution in [2.24, 2.45) is 23.7 Å². The predicted molar refractivity (Wildman–Crippen MR) is 217 cm³/mol. The van der Waals surface area contributed by atoms with Crippen LogP contribution in [0, 0.1) is 23.7 Å². The SMILES string of the molecule is O=C(O)C1C(C(=O)O)C(C(=O)N(Cc2ccccc2)Cc2ccc(Oc3ccccc3)cc2)C1C(=O)N(Cc1ccccc1)Cc1ccc(Oc2ccccc2)cc1. The molecular formula is C48H42N2O8. The van der Waals surface area contributed by atoms with Crippen molar-refractivity contribution < 1.29 is 38.9 Å². The third-order valence-electron chi connectivity index (χ3n) is 10.3. The second-order valence-corrected chi connectivity index (χ2v) is 14.3. The highest BCUT2D eigenvalue weighted by Gasteiger charge is 2.65. The molecule has 2 amide bonds. The zero-order valence-corrected chi connectivity index (χ0v) is 31.5. The van der Waals surface area contributed by atoms with E-state index >= 15 is 0 Å². The minimum absolute atomic E-state index is 0.0754. The van der Waals surface area contributed by atoms with E-state index in [4.69, 9.17) is 9.47 Å². The van der Waals surface area contributed by atoms with E-state index in [9.17, 15) is 29.4 Å². The predicted octanol–water partition coefficient (Wildman–Crippen LogP) is 8.68. The molecule has 4 atom stereocenters. The molecule has 1 aliphatic carbocycles. The monoisotopic (exact) mass is 774 g/mol. The number of aliphatic carboxylic acids is 2. The summed E-state index contributed by atoms with van der Waals surface area (Å²) in [5.41, 5.74) is 3.04. The quantitative estimate of drug-likeness (QED) is 0.0999. The first-order chi connectivity index (χ1) is 28.2. The van der Waals surface area contributed by atoms with E-state index in [1.807, 2.05) is 146 Å². The molecule has 4 unspecified atom stereocenters. The van der Waals surface area contributed by atoms with Gasteiger partial charge in [0.2, 0.25) is 11.8 Å². The van der Waals surface area contributed by atoms with E-state index in [1.165, 1.54) is 9.80 Å². The van der Waals surface area contributed by atoms with Crippen molar-refractivity contribution in [1.82, 2.24) is 9.80 Å². The molecule has 0 aliphatic heterocycles. The maximum absolute atomic E-state index is 14.8. The van der Waals surface area contributed by atoms with Crippen molar-refractivity contribution in [2.75, 3.05) is 0 Å². The van der Waals surface area contributed by atoms with Crippen LogP contribution < -0.4 is 9.47 Å². The molecule has 6 aromatic carbocycles. The van der Waals surface area contributed by atoms with Crippen LogP contribution in [0.3, 0.4) is 0 Å². The van der Waals surface area contributed by atoms with Gasteiger partial charge < -0.3 is 29.5 Å². The number of ether oxygens (including phenoxy) is 2. The summed E-state index contributed by atoms with van der Waals surface area (Å²) >= 11 is 0. The van der Waals surface area contributed by atoms with Crippen LogP contribution in [0.15, 0.2) is 170 Å². The normalized spacial score (nSPS) is 17.0. The molecule has 7 rings (SSSR count). The van der Waals surface area contributed by atoms with Gasteiger partial charge in [0.25, 0.3) is 0 Å². The highest BCUT2D eigenvalue weighted by Crippen LogP contribution is 2.49. The van der Waals surface area contributed by atoms with Crippen LogP contribution >= 0.6 is 0 Å². The molecular weight excluding hydrogens is 733 g/mol. The lowest BCUT2D eigenvalue weighted by Gasteiger charge is -2.48. The van der Waals surface area contributed by atoms with Crippen molar-refractivity contribution in [1.29, 1.82) is 0 Å². The molecule has 0 radical (unpaired) electrons. The second kappa shape index (κ2) is 18.2. The summed E-state index contributed by atoms with van der Waals surface area (Å²) in [6, 6.07) is 51.5. The number of amides is 2. The average molecular weight is 775 g/mol. The van der Waals surface area contributed by atoms with Crippen LogP contribution in [0.1, 0.15) is 22.3 Å². The van der Waals surface area contributed by atoms with E-state index in [-0.39, 0.29) is 26.2 Å². The first-order valence-corrected chi connectivity index (χ1v) is 19.0. The first kappa shape index (κ1) is 39.1. The van der Waals surface area contributed by atoms with Crippen LogP contribution in [0.25, 0.3) is 0 Å². The van der Waals surface area contributed by atoms with Crippen molar-refractivity contribution in [3.63, 3.8) is 0 Å². The molecule has 292 valence electrons. The molecule has 0 bridgehead atoms. The lowest BCUT2D eigenvalue weighted by molar-refractivity contribution is -0.188. The Labute approximate surface area is 336 Å². The highest BCUT2D eigenvalue weighted by molar-refractivity contribution is 5.99. The minimum atomic E-state index is -1.62. The Hall–Kier alpha value is -7.20. The Morgan fingerprint density at radius 2 is 0.621 bits per heavy atom. The summed E-state index contributed by atoms with van der Waals surface area (Å²) in [5.74, 6) is -7.71. The Kier molecular flexibility index (Phi) is 12.2. The molecule has 6 aromatic rings. The topological polar surface area (TPSA) is 134 Å². The van der Waals surface area contributed by atoms with Gasteiger partial charge in [0, 0.05) is 26.2 Å². The van der Waals surface area contributed by atoms with E-state index in [0.717, 1.165) is 22.3 Å². The number of rotatable bonds is 16. The van der Waals surface area contributed by atoms with Crippen molar-refractivity contribution in [3.05, 3.63) is 192 Å². The Morgan fingerprint density at radius 1 is 0.362 bits per heavy atom. The lowest BCUT2D eigenvalue weighted by atomic mass is 9.55. The number of hydrogen-bond donors (Lipinski definition) is 2. The molecule has 0 spiro atoms. The zero-order valence-electron chi connectivity index (χ0n) is 31.5. The summed E-state index contributed by atoms with van der Waals surface area (Å²) in [7, 11) is 0. The molecule has 1 saturated carbocycles. The summed E-state index contributed by atoms with van der Waals surface area (Å²) in [6.45, 7) is 0.362. The van der Waals surface area contributed by atoms with Crippen molar-refractivity contribution >= 4 is 23.8 Å². The zero-order chi connectivity index (χ0) is 40.4. The molecule has 2 N–H and O–H groups in total. The van der Waals surface area contributed by atoms with Crippen molar-refractivity contribution in [3.8, 4) is 23.0 Å². The number of hydrogen-bond acceptors (Lipinski definition) is 6. The van der Waals surface area contributed by atoms with Gasteiger partial charge in [0.15, 0.2) is 0 Å². The molecule has 10 nitrogen and oxygen atoms in total. The molecule has 0 saturated heterocycles. The summed E-state index contributed by atoms with van der Waals surface area (Å²) in [4.78, 5) is 58.3. The van der Waals surface area contributed by atoms with Crippen LogP contribution in [0.2, 0.25) is 0 Å². The van der Waals surface area contributed by atoms with Gasteiger partial charge in [0.1, 0.15) is 23.0 Å². The maximum atomic E-state index is 14.8. The fraction of sp³-hybridized carbons (Fsp3) is 0.167. The number of para-hydroxylation sites is 2. The van der Waals surface area contributed by atoms with Gasteiger partial charge in [-0.15, -0.1) is 0 Å². The average Bonchev–Trinajstić information content (AvgIpc) is 3.22. The van der Waals surface area contributed by atoms with E-state index < -0.39 is 47.4 Å². The molecule has 58 heavy (non-hydrogen) atoms. The van der Waals surface area contributed by atoms with Gasteiger partial charge in [-0.3, -0.25) is 19.2 Å². The molecule has 1 fully saturated rings. The van der Waals surface area contributed by atoms with Gasteiger partial charge in [-0.1, -0.05) is 121 Å². The third-order valence-corrected chi connectivity index (χ3v) is 10.3. The number of benzene rings is 6. The first-order valence-electron chi connectivity index (χ1n) is 19.0. The van der Waals surface area contributed by atoms with Crippen LogP contribution in [0.4, 0.5) is 0 Å². The van der Waals surface area contributed by atoms with Crippen LogP contribution in [-0.4, -0.2) is 43.8 Å². The summed E-state index contributed by atoms with van der Waals surface area (Å²) < 4.78 is 11.9. The van der Waals surface area contributed by atoms with Crippen LogP contribution in [0.5, 0.6) is 23.0 Å².